The number of hydrogen-bond donors (Lipinski definition) is 2. The number of carboxylic acids is 1. The summed E-state index contributed by atoms with van der Waals surface area (Å²) in [5.41, 5.74) is -0.0211. The van der Waals surface area contributed by atoms with Crippen molar-refractivity contribution in [1.82, 2.24) is 0 Å². The highest BCUT2D eigenvalue weighted by molar-refractivity contribution is 7.89. The minimum atomic E-state index is -3.40. The Morgan fingerprint density at radius 1 is 0.828 bits per heavy atom. The standard InChI is InChI=1S/C22H45NO5S/c1-5-21(6-2,15-18-29(23,26)27)13-9-11-16-28-17-12-10-14-22(7-3,8-4)19-20(24)25/h5-19H2,1-4H3,(H,24,25)(H2,23,26,27). The average molecular weight is 436 g/mol. The fourth-order valence-electron chi connectivity index (χ4n) is 4.21. The van der Waals surface area contributed by atoms with E-state index in [2.05, 4.69) is 27.7 Å². The van der Waals surface area contributed by atoms with Gasteiger partial charge >= 0.3 is 5.97 Å². The van der Waals surface area contributed by atoms with E-state index >= 15 is 0 Å². The molecule has 0 aromatic heterocycles. The molecule has 0 aliphatic carbocycles. The first kappa shape index (κ1) is 28.3. The van der Waals surface area contributed by atoms with E-state index in [9.17, 15) is 13.2 Å². The molecule has 6 nitrogen and oxygen atoms in total. The molecule has 29 heavy (non-hydrogen) atoms. The van der Waals surface area contributed by atoms with Gasteiger partial charge in [-0.1, -0.05) is 53.4 Å². The van der Waals surface area contributed by atoms with Crippen LogP contribution in [0.5, 0.6) is 0 Å². The maximum Gasteiger partial charge on any atom is 0.303 e. The Balaban J connectivity index is 4.04. The van der Waals surface area contributed by atoms with E-state index in [-0.39, 0.29) is 23.0 Å². The Morgan fingerprint density at radius 3 is 1.66 bits per heavy atom. The summed E-state index contributed by atoms with van der Waals surface area (Å²) >= 11 is 0. The van der Waals surface area contributed by atoms with Gasteiger partial charge in [0.15, 0.2) is 0 Å². The topological polar surface area (TPSA) is 107 Å². The Labute approximate surface area is 179 Å². The van der Waals surface area contributed by atoms with Crippen molar-refractivity contribution in [3.63, 3.8) is 0 Å². The number of unbranched alkanes of at least 4 members (excludes halogenated alkanes) is 2. The molecule has 0 amide bonds. The number of primary sulfonamides is 1. The van der Waals surface area contributed by atoms with Gasteiger partial charge in [-0.15, -0.1) is 0 Å². The maximum atomic E-state index is 11.3. The molecule has 0 atom stereocenters. The summed E-state index contributed by atoms with van der Waals surface area (Å²) in [6, 6.07) is 0. The lowest BCUT2D eigenvalue weighted by molar-refractivity contribution is -0.140. The minimum absolute atomic E-state index is 0.0558. The summed E-state index contributed by atoms with van der Waals surface area (Å²) in [7, 11) is -3.40. The normalized spacial score (nSPS) is 13.0. The van der Waals surface area contributed by atoms with Crippen molar-refractivity contribution in [1.29, 1.82) is 0 Å². The van der Waals surface area contributed by atoms with Crippen LogP contribution in [0.2, 0.25) is 0 Å². The molecule has 0 aromatic rings. The second-order valence-corrected chi connectivity index (χ2v) is 10.4. The molecule has 0 saturated carbocycles. The van der Waals surface area contributed by atoms with Gasteiger partial charge in [0.05, 0.1) is 12.2 Å². The fraction of sp³-hybridized carbons (Fsp3) is 0.955. The van der Waals surface area contributed by atoms with Crippen LogP contribution in [-0.2, 0) is 19.6 Å². The van der Waals surface area contributed by atoms with Crippen LogP contribution in [0.4, 0.5) is 0 Å². The quantitative estimate of drug-likeness (QED) is 0.274. The summed E-state index contributed by atoms with van der Waals surface area (Å²) in [6.07, 6.45) is 10.5. The third-order valence-corrected chi connectivity index (χ3v) is 7.71. The largest absolute Gasteiger partial charge is 0.481 e. The zero-order valence-electron chi connectivity index (χ0n) is 19.2. The number of sulfonamides is 1. The Kier molecular flexibility index (Phi) is 14.0. The van der Waals surface area contributed by atoms with Crippen LogP contribution in [0, 0.1) is 10.8 Å². The SMILES string of the molecule is CCC(CC)(CCCCOCCCCC(CC)(CC)CC(=O)O)CCS(N)(=O)=O. The molecule has 0 aliphatic heterocycles. The van der Waals surface area contributed by atoms with Crippen LogP contribution in [0.25, 0.3) is 0 Å². The predicted molar refractivity (Wildman–Crippen MR) is 119 cm³/mol. The van der Waals surface area contributed by atoms with Crippen LogP contribution in [0.3, 0.4) is 0 Å². The van der Waals surface area contributed by atoms with Crippen LogP contribution in [0.1, 0.15) is 105 Å². The molecule has 0 saturated heterocycles. The van der Waals surface area contributed by atoms with Crippen LogP contribution < -0.4 is 5.14 Å². The molecule has 0 spiro atoms. The van der Waals surface area contributed by atoms with E-state index in [4.69, 9.17) is 15.0 Å². The van der Waals surface area contributed by atoms with Crippen LogP contribution >= 0.6 is 0 Å². The highest BCUT2D eigenvalue weighted by Crippen LogP contribution is 2.37. The molecule has 0 bridgehead atoms. The smallest absolute Gasteiger partial charge is 0.303 e. The Hall–Kier alpha value is -0.660. The lowest BCUT2D eigenvalue weighted by atomic mass is 9.75. The van der Waals surface area contributed by atoms with Gasteiger partial charge < -0.3 is 9.84 Å². The van der Waals surface area contributed by atoms with Gasteiger partial charge in [0.1, 0.15) is 0 Å². The summed E-state index contributed by atoms with van der Waals surface area (Å²) in [6.45, 7) is 9.85. The summed E-state index contributed by atoms with van der Waals surface area (Å²) in [4.78, 5) is 11.1. The number of carboxylic acid groups (broad SMARTS) is 1. The van der Waals surface area contributed by atoms with Gasteiger partial charge in [0.2, 0.25) is 10.0 Å². The van der Waals surface area contributed by atoms with Crippen molar-refractivity contribution in [2.75, 3.05) is 19.0 Å². The molecular weight excluding hydrogens is 390 g/mol. The molecule has 0 rings (SSSR count). The molecular formula is C22H45NO5S. The number of rotatable bonds is 19. The molecule has 0 fully saturated rings. The van der Waals surface area contributed by atoms with Gasteiger partial charge in [0, 0.05) is 13.2 Å². The van der Waals surface area contributed by atoms with Crippen molar-refractivity contribution in [3.05, 3.63) is 0 Å². The number of ether oxygens (including phenoxy) is 1. The van der Waals surface area contributed by atoms with E-state index in [0.29, 0.717) is 13.0 Å². The lowest BCUT2D eigenvalue weighted by Crippen LogP contribution is -2.26. The molecule has 0 unspecified atom stereocenters. The van der Waals surface area contributed by atoms with E-state index < -0.39 is 16.0 Å². The molecule has 0 heterocycles. The van der Waals surface area contributed by atoms with Crippen molar-refractivity contribution < 1.29 is 23.1 Å². The molecule has 3 N–H and O–H groups in total. The van der Waals surface area contributed by atoms with Gasteiger partial charge in [-0.25, -0.2) is 13.6 Å². The zero-order valence-corrected chi connectivity index (χ0v) is 20.0. The highest BCUT2D eigenvalue weighted by Gasteiger charge is 2.28. The third kappa shape index (κ3) is 12.6. The average Bonchev–Trinajstić information content (AvgIpc) is 2.67. The first-order valence-electron chi connectivity index (χ1n) is 11.4. The van der Waals surface area contributed by atoms with Crippen molar-refractivity contribution >= 4 is 16.0 Å². The van der Waals surface area contributed by atoms with Crippen LogP contribution in [-0.4, -0.2) is 38.5 Å². The Bertz CT molecular complexity index is 539. The van der Waals surface area contributed by atoms with Crippen molar-refractivity contribution in [2.45, 2.75) is 105 Å². The van der Waals surface area contributed by atoms with Crippen molar-refractivity contribution in [2.24, 2.45) is 16.0 Å². The summed E-state index contributed by atoms with van der Waals surface area (Å²) < 4.78 is 28.3. The highest BCUT2D eigenvalue weighted by atomic mass is 32.2. The zero-order chi connectivity index (χ0) is 22.4. The molecule has 174 valence electrons. The number of hydrogen-bond acceptors (Lipinski definition) is 4. The first-order chi connectivity index (χ1) is 13.6. The fourth-order valence-corrected chi connectivity index (χ4v) is 4.93. The second kappa shape index (κ2) is 14.4. The van der Waals surface area contributed by atoms with Gasteiger partial charge in [0.25, 0.3) is 0 Å². The predicted octanol–water partition coefficient (Wildman–Crippen LogP) is 5.11. The van der Waals surface area contributed by atoms with E-state index in [1.165, 1.54) is 0 Å². The van der Waals surface area contributed by atoms with Gasteiger partial charge in [-0.3, -0.25) is 4.79 Å². The molecule has 0 aliphatic rings. The van der Waals surface area contributed by atoms with Gasteiger partial charge in [-0.05, 0) is 55.8 Å². The number of nitrogens with two attached hydrogens (primary N) is 1. The van der Waals surface area contributed by atoms with Gasteiger partial charge in [-0.2, -0.15) is 0 Å². The monoisotopic (exact) mass is 435 g/mol. The minimum Gasteiger partial charge on any atom is -0.481 e. The summed E-state index contributed by atoms with van der Waals surface area (Å²) in [5, 5.41) is 14.3. The lowest BCUT2D eigenvalue weighted by Gasteiger charge is -2.31. The summed E-state index contributed by atoms with van der Waals surface area (Å²) in [5.74, 6) is -0.645. The second-order valence-electron chi connectivity index (χ2n) is 8.63. The van der Waals surface area contributed by atoms with Crippen LogP contribution in [0.15, 0.2) is 0 Å². The van der Waals surface area contributed by atoms with E-state index in [1.54, 1.807) is 0 Å². The number of aliphatic carboxylic acids is 1. The number of carbonyl (C=O) groups is 1. The molecule has 0 radical (unpaired) electrons. The van der Waals surface area contributed by atoms with E-state index in [0.717, 1.165) is 70.8 Å². The van der Waals surface area contributed by atoms with Crippen molar-refractivity contribution in [3.8, 4) is 0 Å². The molecule has 0 aromatic carbocycles. The maximum absolute atomic E-state index is 11.3. The first-order valence-corrected chi connectivity index (χ1v) is 13.1. The van der Waals surface area contributed by atoms with E-state index in [1.807, 2.05) is 0 Å². The molecule has 7 heteroatoms. The third-order valence-electron chi connectivity index (χ3n) is 6.93. The Morgan fingerprint density at radius 2 is 1.28 bits per heavy atom.